The fraction of sp³-hybridized carbons (Fsp3) is 0.353. The Morgan fingerprint density at radius 1 is 0.930 bits per heavy atom. The molecule has 2 atom stereocenters. The lowest BCUT2D eigenvalue weighted by Gasteiger charge is -2.33. The Bertz CT molecular complexity index is 1480. The summed E-state index contributed by atoms with van der Waals surface area (Å²) in [5, 5.41) is 0. The predicted octanol–water partition coefficient (Wildman–Crippen LogP) is 4.58. The molecular weight excluding hydrogens is 546 g/mol. The second kappa shape index (κ2) is 12.3. The molecule has 9 nitrogen and oxygen atoms in total. The molecule has 0 bridgehead atoms. The van der Waals surface area contributed by atoms with E-state index in [1.54, 1.807) is 13.8 Å². The molecule has 0 unspecified atom stereocenters. The Labute approximate surface area is 251 Å². The number of fused-ring (bicyclic) bond motifs is 3. The third kappa shape index (κ3) is 6.11. The molecule has 0 radical (unpaired) electrons. The second-order valence-corrected chi connectivity index (χ2v) is 11.6. The van der Waals surface area contributed by atoms with Crippen molar-refractivity contribution in [2.45, 2.75) is 56.7 Å². The van der Waals surface area contributed by atoms with Gasteiger partial charge in [-0.25, -0.2) is 4.79 Å². The van der Waals surface area contributed by atoms with Crippen LogP contribution >= 0.6 is 0 Å². The average molecular weight is 584 g/mol. The number of likely N-dealkylation sites (tertiary alicyclic amines) is 1. The zero-order chi connectivity index (χ0) is 30.7. The van der Waals surface area contributed by atoms with E-state index >= 15 is 0 Å². The van der Waals surface area contributed by atoms with E-state index in [0.29, 0.717) is 19.4 Å². The third-order valence-electron chi connectivity index (χ3n) is 8.44. The van der Waals surface area contributed by atoms with Gasteiger partial charge in [0.1, 0.15) is 24.3 Å². The Morgan fingerprint density at radius 3 is 2.12 bits per heavy atom. The summed E-state index contributed by atoms with van der Waals surface area (Å²) >= 11 is 0. The third-order valence-corrected chi connectivity index (χ3v) is 8.44. The zero-order valence-corrected chi connectivity index (χ0v) is 24.7. The van der Waals surface area contributed by atoms with Gasteiger partial charge in [0.25, 0.3) is 0 Å². The number of amides is 3. The van der Waals surface area contributed by atoms with Gasteiger partial charge in [-0.2, -0.15) is 0 Å². The van der Waals surface area contributed by atoms with Crippen molar-refractivity contribution >= 4 is 23.9 Å². The molecule has 3 aromatic rings. The van der Waals surface area contributed by atoms with Crippen LogP contribution in [0.15, 0.2) is 78.9 Å². The quantitative estimate of drug-likeness (QED) is 0.369. The van der Waals surface area contributed by atoms with Crippen LogP contribution in [0, 0.1) is 0 Å². The number of nitrogens with two attached hydrogens (primary N) is 1. The van der Waals surface area contributed by atoms with Crippen LogP contribution in [0.3, 0.4) is 0 Å². The number of hydrogen-bond acceptors (Lipinski definition) is 6. The summed E-state index contributed by atoms with van der Waals surface area (Å²) < 4.78 is 11.6. The largest absolute Gasteiger partial charge is 0.455 e. The average Bonchev–Trinajstić information content (AvgIpc) is 3.62. The van der Waals surface area contributed by atoms with E-state index in [-0.39, 0.29) is 12.5 Å². The first-order chi connectivity index (χ1) is 20.6. The number of primary amides is 1. The lowest BCUT2D eigenvalue weighted by molar-refractivity contribution is -0.161. The molecule has 1 aliphatic carbocycles. The van der Waals surface area contributed by atoms with Gasteiger partial charge >= 0.3 is 12.1 Å². The Morgan fingerprint density at radius 2 is 1.51 bits per heavy atom. The number of hydrogen-bond donors (Lipinski definition) is 1. The van der Waals surface area contributed by atoms with Gasteiger partial charge < -0.3 is 20.1 Å². The number of carbonyl (C=O) groups is 4. The molecule has 1 fully saturated rings. The maximum atomic E-state index is 13.8. The molecule has 0 aromatic heterocycles. The van der Waals surface area contributed by atoms with Crippen molar-refractivity contribution in [1.29, 1.82) is 0 Å². The van der Waals surface area contributed by atoms with E-state index in [2.05, 4.69) is 0 Å². The smallest absolute Gasteiger partial charge is 0.410 e. The van der Waals surface area contributed by atoms with Crippen molar-refractivity contribution in [2.24, 2.45) is 5.73 Å². The lowest BCUT2D eigenvalue weighted by atomic mass is 9.98. The van der Waals surface area contributed by atoms with Gasteiger partial charge in [-0.05, 0) is 54.5 Å². The normalized spacial score (nSPS) is 16.6. The fourth-order valence-electron chi connectivity index (χ4n) is 6.11. The Hall–Kier alpha value is -4.66. The van der Waals surface area contributed by atoms with Gasteiger partial charge in [0.05, 0.1) is 6.42 Å². The minimum atomic E-state index is -1.25. The SMILES string of the molecule is CN(C(=O)OCC1c2ccccc2-c2ccccc21)[C@@H](CC(=O)OC(C)(C)c1ccccc1)C(=O)N1CCC[C@H]1C(N)=O. The lowest BCUT2D eigenvalue weighted by Crippen LogP contribution is -2.54. The summed E-state index contributed by atoms with van der Waals surface area (Å²) in [6, 6.07) is 23.2. The first-order valence-corrected chi connectivity index (χ1v) is 14.5. The number of nitrogens with zero attached hydrogens (tertiary/aromatic N) is 2. The van der Waals surface area contributed by atoms with Crippen LogP contribution in [0.25, 0.3) is 11.1 Å². The number of rotatable bonds is 9. The highest BCUT2D eigenvalue weighted by Gasteiger charge is 2.41. The van der Waals surface area contributed by atoms with Gasteiger partial charge in [0.2, 0.25) is 11.8 Å². The molecule has 0 spiro atoms. The van der Waals surface area contributed by atoms with Crippen molar-refractivity contribution in [2.75, 3.05) is 20.2 Å². The van der Waals surface area contributed by atoms with Gasteiger partial charge in [-0.3, -0.25) is 19.3 Å². The van der Waals surface area contributed by atoms with Crippen molar-refractivity contribution < 1.29 is 28.7 Å². The van der Waals surface area contributed by atoms with E-state index in [1.807, 2.05) is 78.9 Å². The van der Waals surface area contributed by atoms with E-state index in [0.717, 1.165) is 32.7 Å². The summed E-state index contributed by atoms with van der Waals surface area (Å²) in [4.78, 5) is 55.2. The highest BCUT2D eigenvalue weighted by molar-refractivity contribution is 5.93. The molecule has 224 valence electrons. The van der Waals surface area contributed by atoms with Crippen LogP contribution < -0.4 is 5.73 Å². The molecule has 3 amide bonds. The van der Waals surface area contributed by atoms with E-state index in [9.17, 15) is 19.2 Å². The van der Waals surface area contributed by atoms with Crippen LogP contribution in [0.1, 0.15) is 55.7 Å². The predicted molar refractivity (Wildman–Crippen MR) is 161 cm³/mol. The highest BCUT2D eigenvalue weighted by atomic mass is 16.6. The molecule has 1 heterocycles. The van der Waals surface area contributed by atoms with E-state index in [4.69, 9.17) is 15.2 Å². The molecule has 2 N–H and O–H groups in total. The molecule has 0 saturated carbocycles. The molecular formula is C34H37N3O6. The molecule has 43 heavy (non-hydrogen) atoms. The number of esters is 1. The zero-order valence-electron chi connectivity index (χ0n) is 24.7. The van der Waals surface area contributed by atoms with Crippen molar-refractivity contribution in [3.8, 4) is 11.1 Å². The summed E-state index contributed by atoms with van der Waals surface area (Å²) in [5.41, 5.74) is 9.68. The van der Waals surface area contributed by atoms with Crippen LogP contribution in [-0.4, -0.2) is 66.0 Å². The standard InChI is InChI=1S/C34H37N3O6/c1-34(2,22-12-5-4-6-13-22)43-30(38)20-29(32(40)37-19-11-18-28(37)31(35)39)36(3)33(41)42-21-27-25-16-9-7-14-23(25)24-15-8-10-17-26(24)27/h4-10,12-17,27-29H,11,18-21H2,1-3H3,(H2,35,39)/t28-,29-/m0/s1. The number of likely N-dealkylation sites (N-methyl/N-ethyl adjacent to an activating group) is 1. The fourth-order valence-corrected chi connectivity index (χ4v) is 6.11. The summed E-state index contributed by atoms with van der Waals surface area (Å²) in [6.07, 6.45) is -0.164. The van der Waals surface area contributed by atoms with E-state index in [1.165, 1.54) is 11.9 Å². The second-order valence-electron chi connectivity index (χ2n) is 11.6. The highest BCUT2D eigenvalue weighted by Crippen LogP contribution is 2.44. The van der Waals surface area contributed by atoms with Gasteiger partial charge in [-0.15, -0.1) is 0 Å². The van der Waals surface area contributed by atoms with Crippen LogP contribution in [-0.2, 0) is 29.5 Å². The van der Waals surface area contributed by atoms with Crippen molar-refractivity contribution in [3.63, 3.8) is 0 Å². The summed E-state index contributed by atoms with van der Waals surface area (Å²) in [6.45, 7) is 3.87. The number of ether oxygens (including phenoxy) is 2. The minimum Gasteiger partial charge on any atom is -0.455 e. The van der Waals surface area contributed by atoms with Crippen LogP contribution in [0.2, 0.25) is 0 Å². The topological polar surface area (TPSA) is 119 Å². The molecule has 5 rings (SSSR count). The molecule has 2 aliphatic rings. The summed E-state index contributed by atoms with van der Waals surface area (Å²) in [7, 11) is 1.42. The summed E-state index contributed by atoms with van der Waals surface area (Å²) in [5.74, 6) is -2.01. The van der Waals surface area contributed by atoms with Gasteiger partial charge in [0.15, 0.2) is 0 Å². The molecule has 1 saturated heterocycles. The van der Waals surface area contributed by atoms with Crippen molar-refractivity contribution in [1.82, 2.24) is 9.80 Å². The Balaban J connectivity index is 1.34. The van der Waals surface area contributed by atoms with Gasteiger partial charge in [-0.1, -0.05) is 78.9 Å². The maximum absolute atomic E-state index is 13.8. The molecule has 3 aromatic carbocycles. The minimum absolute atomic E-state index is 0.0528. The van der Waals surface area contributed by atoms with Gasteiger partial charge in [0, 0.05) is 19.5 Å². The maximum Gasteiger partial charge on any atom is 0.410 e. The number of benzene rings is 3. The van der Waals surface area contributed by atoms with E-state index < -0.39 is 48.0 Å². The molecule has 9 heteroatoms. The van der Waals surface area contributed by atoms with Crippen molar-refractivity contribution in [3.05, 3.63) is 95.6 Å². The monoisotopic (exact) mass is 583 g/mol. The van der Waals surface area contributed by atoms with Crippen LogP contribution in [0.5, 0.6) is 0 Å². The first-order valence-electron chi connectivity index (χ1n) is 14.5. The van der Waals surface area contributed by atoms with Crippen LogP contribution in [0.4, 0.5) is 4.79 Å². The Kier molecular flexibility index (Phi) is 8.52. The number of carbonyl (C=O) groups excluding carboxylic acids is 4. The molecule has 1 aliphatic heterocycles. The first kappa shape index (κ1) is 29.8.